The van der Waals surface area contributed by atoms with Gasteiger partial charge in [0.2, 0.25) is 0 Å². The summed E-state index contributed by atoms with van der Waals surface area (Å²) in [5, 5.41) is 2.77. The fourth-order valence-corrected chi connectivity index (χ4v) is 4.44. The third-order valence-electron chi connectivity index (χ3n) is 6.05. The summed E-state index contributed by atoms with van der Waals surface area (Å²) >= 11 is 0. The van der Waals surface area contributed by atoms with Crippen molar-refractivity contribution in [3.8, 4) is 0 Å². The van der Waals surface area contributed by atoms with Crippen molar-refractivity contribution in [3.05, 3.63) is 0 Å². The quantitative estimate of drug-likeness (QED) is 0.550. The highest BCUT2D eigenvalue weighted by atomic mass is 16.5. The number of carbonyl (C=O) groups is 4. The van der Waals surface area contributed by atoms with E-state index in [1.165, 1.54) is 6.92 Å². The zero-order valence-corrected chi connectivity index (χ0v) is 17.6. The molecule has 1 saturated carbocycles. The maximum Gasteiger partial charge on any atom is 0.327 e. The molecule has 1 N–H and O–H groups in total. The van der Waals surface area contributed by atoms with E-state index >= 15 is 0 Å². The number of nitrogens with zero attached hydrogens (tertiary/aromatic N) is 2. The molecule has 162 valence electrons. The Morgan fingerprint density at radius 1 is 1.17 bits per heavy atom. The first-order valence-electron chi connectivity index (χ1n) is 10.4. The number of imide groups is 1. The van der Waals surface area contributed by atoms with Crippen molar-refractivity contribution < 1.29 is 28.7 Å². The SMILES string of the molecule is CC1CCC2(CC1)NC(=O)N(CC(=O)OC(C)C(=O)N1CC(C)OC(C)C1)C2=O. The molecule has 1 aliphatic carbocycles. The lowest BCUT2D eigenvalue weighted by Gasteiger charge is -2.36. The Labute approximate surface area is 171 Å². The van der Waals surface area contributed by atoms with E-state index in [9.17, 15) is 19.2 Å². The van der Waals surface area contributed by atoms with Crippen LogP contribution in [0.25, 0.3) is 0 Å². The van der Waals surface area contributed by atoms with E-state index < -0.39 is 30.2 Å². The molecule has 4 amide bonds. The molecular formula is C20H31N3O6. The van der Waals surface area contributed by atoms with Crippen LogP contribution in [0.2, 0.25) is 0 Å². The lowest BCUT2D eigenvalue weighted by atomic mass is 9.77. The van der Waals surface area contributed by atoms with Gasteiger partial charge in [-0.05, 0) is 52.4 Å². The Bertz CT molecular complexity index is 678. The summed E-state index contributed by atoms with van der Waals surface area (Å²) in [5.41, 5.74) is -0.897. The number of rotatable bonds is 4. The van der Waals surface area contributed by atoms with Crippen LogP contribution in [0.1, 0.15) is 53.4 Å². The molecule has 3 aliphatic rings. The molecule has 9 nitrogen and oxygen atoms in total. The van der Waals surface area contributed by atoms with Crippen molar-refractivity contribution in [1.82, 2.24) is 15.1 Å². The standard InChI is InChI=1S/C20H31N3O6/c1-12-5-7-20(8-6-12)18(26)23(19(27)21-20)11-16(24)29-15(4)17(25)22-9-13(2)28-14(3)10-22/h12-15H,5-11H2,1-4H3,(H,21,27). The topological polar surface area (TPSA) is 105 Å². The molecule has 0 radical (unpaired) electrons. The van der Waals surface area contributed by atoms with E-state index in [1.807, 2.05) is 13.8 Å². The summed E-state index contributed by atoms with van der Waals surface area (Å²) in [5.74, 6) is -0.941. The highest BCUT2D eigenvalue weighted by Crippen LogP contribution is 2.36. The second-order valence-corrected chi connectivity index (χ2v) is 8.72. The summed E-state index contributed by atoms with van der Waals surface area (Å²) in [4.78, 5) is 52.6. The fraction of sp³-hybridized carbons (Fsp3) is 0.800. The van der Waals surface area contributed by atoms with Gasteiger partial charge in [0.25, 0.3) is 11.8 Å². The first-order valence-corrected chi connectivity index (χ1v) is 10.4. The van der Waals surface area contributed by atoms with Crippen LogP contribution >= 0.6 is 0 Å². The number of hydrogen-bond donors (Lipinski definition) is 1. The molecular weight excluding hydrogens is 378 g/mol. The van der Waals surface area contributed by atoms with E-state index in [4.69, 9.17) is 9.47 Å². The van der Waals surface area contributed by atoms with E-state index in [-0.39, 0.29) is 24.0 Å². The maximum absolute atomic E-state index is 12.8. The molecule has 2 aliphatic heterocycles. The Kier molecular flexibility index (Phi) is 6.16. The van der Waals surface area contributed by atoms with Crippen LogP contribution in [0.15, 0.2) is 0 Å². The summed E-state index contributed by atoms with van der Waals surface area (Å²) in [6.45, 7) is 7.75. The molecule has 9 heteroatoms. The molecule has 0 aromatic heterocycles. The van der Waals surface area contributed by atoms with Crippen LogP contribution in [-0.2, 0) is 23.9 Å². The predicted molar refractivity (Wildman–Crippen MR) is 103 cm³/mol. The van der Waals surface area contributed by atoms with Gasteiger partial charge in [0.05, 0.1) is 12.2 Å². The molecule has 0 aromatic rings. The normalized spacial score (nSPS) is 33.6. The second kappa shape index (κ2) is 8.30. The van der Waals surface area contributed by atoms with Crippen LogP contribution in [-0.4, -0.2) is 77.1 Å². The number of morpholine rings is 1. The monoisotopic (exact) mass is 409 g/mol. The first-order chi connectivity index (χ1) is 13.6. The summed E-state index contributed by atoms with van der Waals surface area (Å²) in [6, 6.07) is -0.573. The van der Waals surface area contributed by atoms with E-state index in [0.29, 0.717) is 31.8 Å². The van der Waals surface area contributed by atoms with Gasteiger partial charge >= 0.3 is 12.0 Å². The molecule has 2 saturated heterocycles. The average molecular weight is 409 g/mol. The van der Waals surface area contributed by atoms with E-state index in [2.05, 4.69) is 12.2 Å². The number of ether oxygens (including phenoxy) is 2. The maximum atomic E-state index is 12.8. The van der Waals surface area contributed by atoms with Gasteiger partial charge in [-0.1, -0.05) is 6.92 Å². The van der Waals surface area contributed by atoms with Crippen molar-refractivity contribution in [3.63, 3.8) is 0 Å². The van der Waals surface area contributed by atoms with Gasteiger partial charge < -0.3 is 19.7 Å². The van der Waals surface area contributed by atoms with Crippen LogP contribution in [0, 0.1) is 5.92 Å². The zero-order valence-electron chi connectivity index (χ0n) is 17.6. The van der Waals surface area contributed by atoms with E-state index in [1.54, 1.807) is 4.90 Å². The van der Waals surface area contributed by atoms with Crippen LogP contribution in [0.5, 0.6) is 0 Å². The van der Waals surface area contributed by atoms with Crippen molar-refractivity contribution in [2.75, 3.05) is 19.6 Å². The molecule has 3 unspecified atom stereocenters. The lowest BCUT2D eigenvalue weighted by molar-refractivity contribution is -0.165. The third-order valence-corrected chi connectivity index (χ3v) is 6.05. The van der Waals surface area contributed by atoms with Crippen molar-refractivity contribution in [1.29, 1.82) is 0 Å². The highest BCUT2D eigenvalue weighted by Gasteiger charge is 2.52. The van der Waals surface area contributed by atoms with Gasteiger partial charge in [-0.25, -0.2) is 4.79 Å². The van der Waals surface area contributed by atoms with Gasteiger partial charge in [-0.15, -0.1) is 0 Å². The van der Waals surface area contributed by atoms with Crippen molar-refractivity contribution in [2.24, 2.45) is 5.92 Å². The van der Waals surface area contributed by atoms with Crippen LogP contribution in [0.3, 0.4) is 0 Å². The number of urea groups is 1. The predicted octanol–water partition coefficient (Wildman–Crippen LogP) is 1.05. The minimum Gasteiger partial charge on any atom is -0.451 e. The van der Waals surface area contributed by atoms with Gasteiger partial charge in [0.1, 0.15) is 12.1 Å². The van der Waals surface area contributed by atoms with Crippen LogP contribution < -0.4 is 5.32 Å². The number of amides is 4. The molecule has 0 aromatic carbocycles. The molecule has 0 bridgehead atoms. The smallest absolute Gasteiger partial charge is 0.327 e. The highest BCUT2D eigenvalue weighted by molar-refractivity contribution is 6.08. The molecule has 1 spiro atoms. The largest absolute Gasteiger partial charge is 0.451 e. The Hall–Kier alpha value is -2.16. The summed E-state index contributed by atoms with van der Waals surface area (Å²) in [6.07, 6.45) is 1.68. The molecule has 2 heterocycles. The summed E-state index contributed by atoms with van der Waals surface area (Å²) in [7, 11) is 0. The third kappa shape index (κ3) is 4.55. The fourth-order valence-electron chi connectivity index (χ4n) is 4.44. The minimum atomic E-state index is -0.995. The lowest BCUT2D eigenvalue weighted by Crippen LogP contribution is -2.52. The molecule has 3 atom stereocenters. The van der Waals surface area contributed by atoms with Gasteiger partial charge in [0.15, 0.2) is 6.10 Å². The van der Waals surface area contributed by atoms with Gasteiger partial charge in [-0.2, -0.15) is 0 Å². The number of carbonyl (C=O) groups excluding carboxylic acids is 4. The van der Waals surface area contributed by atoms with E-state index in [0.717, 1.165) is 17.7 Å². The number of esters is 1. The Morgan fingerprint density at radius 3 is 2.34 bits per heavy atom. The number of nitrogens with one attached hydrogen (secondary N) is 1. The molecule has 3 fully saturated rings. The van der Waals surface area contributed by atoms with Gasteiger partial charge in [-0.3, -0.25) is 19.3 Å². The molecule has 29 heavy (non-hydrogen) atoms. The minimum absolute atomic E-state index is 0.0917. The Balaban J connectivity index is 1.55. The molecule has 3 rings (SSSR count). The average Bonchev–Trinajstić information content (AvgIpc) is 2.87. The van der Waals surface area contributed by atoms with Crippen LogP contribution in [0.4, 0.5) is 4.79 Å². The van der Waals surface area contributed by atoms with Crippen molar-refractivity contribution in [2.45, 2.75) is 77.2 Å². The summed E-state index contributed by atoms with van der Waals surface area (Å²) < 4.78 is 10.9. The van der Waals surface area contributed by atoms with Crippen molar-refractivity contribution >= 4 is 23.8 Å². The second-order valence-electron chi connectivity index (χ2n) is 8.72. The zero-order chi connectivity index (χ0) is 21.3. The number of hydrogen-bond acceptors (Lipinski definition) is 6. The Morgan fingerprint density at radius 2 is 1.76 bits per heavy atom. The van der Waals surface area contributed by atoms with Gasteiger partial charge in [0, 0.05) is 13.1 Å². The first kappa shape index (κ1) is 21.5.